The van der Waals surface area contributed by atoms with E-state index in [9.17, 15) is 4.79 Å². The van der Waals surface area contributed by atoms with Crippen LogP contribution in [0.15, 0.2) is 0 Å². The molecule has 0 radical (unpaired) electrons. The predicted molar refractivity (Wildman–Crippen MR) is 68.7 cm³/mol. The molecule has 98 valence electrons. The summed E-state index contributed by atoms with van der Waals surface area (Å²) in [6, 6.07) is 0.749. The summed E-state index contributed by atoms with van der Waals surface area (Å²) in [6.45, 7) is 5.58. The first-order valence-electron chi connectivity index (χ1n) is 6.98. The maximum atomic E-state index is 12.3. The summed E-state index contributed by atoms with van der Waals surface area (Å²) in [7, 11) is 0. The fraction of sp³-hybridized carbons (Fsp3) is 0.923. The molecule has 2 heterocycles. The third kappa shape index (κ3) is 3.19. The molecule has 0 saturated carbocycles. The van der Waals surface area contributed by atoms with E-state index in [1.165, 1.54) is 19.3 Å². The number of nitrogens with zero attached hydrogens (tertiary/aromatic N) is 2. The van der Waals surface area contributed by atoms with Gasteiger partial charge >= 0.3 is 0 Å². The molecule has 4 nitrogen and oxygen atoms in total. The average molecular weight is 239 g/mol. The van der Waals surface area contributed by atoms with Crippen LogP contribution < -0.4 is 5.73 Å². The highest BCUT2D eigenvalue weighted by Gasteiger charge is 2.28. The van der Waals surface area contributed by atoms with Crippen LogP contribution >= 0.6 is 0 Å². The average Bonchev–Trinajstić information content (AvgIpc) is 2.74. The van der Waals surface area contributed by atoms with E-state index >= 15 is 0 Å². The summed E-state index contributed by atoms with van der Waals surface area (Å²) < 4.78 is 0. The first kappa shape index (κ1) is 12.8. The Kier molecular flexibility index (Phi) is 4.40. The molecular weight excluding hydrogens is 214 g/mol. The minimum atomic E-state index is 0.270. The summed E-state index contributed by atoms with van der Waals surface area (Å²) >= 11 is 0. The van der Waals surface area contributed by atoms with Crippen LogP contribution in [-0.4, -0.2) is 54.0 Å². The molecule has 2 atom stereocenters. The Morgan fingerprint density at radius 3 is 2.76 bits per heavy atom. The molecule has 1 unspecified atom stereocenters. The number of hydrogen-bond acceptors (Lipinski definition) is 3. The molecule has 0 spiro atoms. The Morgan fingerprint density at radius 2 is 2.12 bits per heavy atom. The van der Waals surface area contributed by atoms with Gasteiger partial charge < -0.3 is 10.6 Å². The normalized spacial score (nSPS) is 30.8. The van der Waals surface area contributed by atoms with E-state index in [0.29, 0.717) is 18.5 Å². The van der Waals surface area contributed by atoms with Gasteiger partial charge in [0.05, 0.1) is 6.54 Å². The maximum Gasteiger partial charge on any atom is 0.236 e. The lowest BCUT2D eigenvalue weighted by Crippen LogP contribution is -2.47. The van der Waals surface area contributed by atoms with Crippen molar-refractivity contribution in [3.63, 3.8) is 0 Å². The zero-order chi connectivity index (χ0) is 12.3. The highest BCUT2D eigenvalue weighted by atomic mass is 16.2. The Labute approximate surface area is 104 Å². The lowest BCUT2D eigenvalue weighted by molar-refractivity contribution is -0.135. The molecule has 0 aromatic heterocycles. The monoisotopic (exact) mass is 239 g/mol. The largest absolute Gasteiger partial charge is 0.339 e. The van der Waals surface area contributed by atoms with Crippen LogP contribution in [0.5, 0.6) is 0 Å². The van der Waals surface area contributed by atoms with Crippen LogP contribution in [0.2, 0.25) is 0 Å². The third-order valence-corrected chi connectivity index (χ3v) is 4.09. The molecule has 1 amide bonds. The molecule has 0 aromatic rings. The SMILES string of the molecule is CCC1CCCCN1C(=O)CN1CC[C@@H](N)C1. The van der Waals surface area contributed by atoms with Gasteiger partial charge in [0.25, 0.3) is 0 Å². The summed E-state index contributed by atoms with van der Waals surface area (Å²) in [5.74, 6) is 0.311. The smallest absolute Gasteiger partial charge is 0.236 e. The number of likely N-dealkylation sites (tertiary alicyclic amines) is 2. The van der Waals surface area contributed by atoms with Gasteiger partial charge in [-0.3, -0.25) is 9.69 Å². The molecule has 0 aliphatic carbocycles. The van der Waals surface area contributed by atoms with Gasteiger partial charge in [-0.2, -0.15) is 0 Å². The highest BCUT2D eigenvalue weighted by molar-refractivity contribution is 5.78. The zero-order valence-corrected chi connectivity index (χ0v) is 10.9. The van der Waals surface area contributed by atoms with E-state index in [1.807, 2.05) is 0 Å². The quantitative estimate of drug-likeness (QED) is 0.793. The maximum absolute atomic E-state index is 12.3. The van der Waals surface area contributed by atoms with Gasteiger partial charge in [0.15, 0.2) is 0 Å². The Morgan fingerprint density at radius 1 is 1.29 bits per heavy atom. The second-order valence-corrected chi connectivity index (χ2v) is 5.43. The van der Waals surface area contributed by atoms with Crippen LogP contribution in [0.4, 0.5) is 0 Å². The van der Waals surface area contributed by atoms with Gasteiger partial charge in [-0.1, -0.05) is 6.92 Å². The molecule has 2 N–H and O–H groups in total. The van der Waals surface area contributed by atoms with Crippen molar-refractivity contribution < 1.29 is 4.79 Å². The van der Waals surface area contributed by atoms with Crippen molar-refractivity contribution in [1.29, 1.82) is 0 Å². The fourth-order valence-electron chi connectivity index (χ4n) is 3.04. The van der Waals surface area contributed by atoms with E-state index in [0.717, 1.165) is 32.5 Å². The summed E-state index contributed by atoms with van der Waals surface area (Å²) in [5.41, 5.74) is 5.87. The summed E-state index contributed by atoms with van der Waals surface area (Å²) in [5, 5.41) is 0. The number of amides is 1. The molecule has 0 aromatic carbocycles. The summed E-state index contributed by atoms with van der Waals surface area (Å²) in [6.07, 6.45) is 5.75. The van der Waals surface area contributed by atoms with Gasteiger partial charge in [-0.05, 0) is 32.1 Å². The van der Waals surface area contributed by atoms with Gasteiger partial charge in [-0.25, -0.2) is 0 Å². The van der Waals surface area contributed by atoms with Crippen molar-refractivity contribution in [3.8, 4) is 0 Å². The van der Waals surface area contributed by atoms with E-state index in [-0.39, 0.29) is 6.04 Å². The van der Waals surface area contributed by atoms with E-state index in [4.69, 9.17) is 5.73 Å². The van der Waals surface area contributed by atoms with Crippen molar-refractivity contribution in [2.24, 2.45) is 5.73 Å². The topological polar surface area (TPSA) is 49.6 Å². The van der Waals surface area contributed by atoms with Crippen LogP contribution in [0.3, 0.4) is 0 Å². The number of rotatable bonds is 3. The van der Waals surface area contributed by atoms with E-state index in [1.54, 1.807) is 0 Å². The Balaban J connectivity index is 1.85. The first-order valence-corrected chi connectivity index (χ1v) is 6.98. The highest BCUT2D eigenvalue weighted by Crippen LogP contribution is 2.20. The van der Waals surface area contributed by atoms with Crippen LogP contribution in [0.25, 0.3) is 0 Å². The minimum absolute atomic E-state index is 0.270. The molecule has 2 saturated heterocycles. The van der Waals surface area contributed by atoms with Gasteiger partial charge in [-0.15, -0.1) is 0 Å². The lowest BCUT2D eigenvalue weighted by Gasteiger charge is -2.36. The van der Waals surface area contributed by atoms with Crippen molar-refractivity contribution in [3.05, 3.63) is 0 Å². The zero-order valence-electron chi connectivity index (χ0n) is 10.9. The van der Waals surface area contributed by atoms with Crippen molar-refractivity contribution >= 4 is 5.91 Å². The number of carbonyl (C=O) groups is 1. The summed E-state index contributed by atoms with van der Waals surface area (Å²) in [4.78, 5) is 16.6. The Hall–Kier alpha value is -0.610. The van der Waals surface area contributed by atoms with Gasteiger partial charge in [0, 0.05) is 31.7 Å². The van der Waals surface area contributed by atoms with Crippen LogP contribution in [0, 0.1) is 0 Å². The molecule has 4 heteroatoms. The number of carbonyl (C=O) groups excluding carboxylic acids is 1. The van der Waals surface area contributed by atoms with Crippen molar-refractivity contribution in [1.82, 2.24) is 9.80 Å². The minimum Gasteiger partial charge on any atom is -0.339 e. The van der Waals surface area contributed by atoms with Gasteiger partial charge in [0.1, 0.15) is 0 Å². The molecule has 2 rings (SSSR count). The lowest BCUT2D eigenvalue weighted by atomic mass is 10.00. The Bertz CT molecular complexity index is 269. The second-order valence-electron chi connectivity index (χ2n) is 5.43. The third-order valence-electron chi connectivity index (χ3n) is 4.09. The fourth-order valence-corrected chi connectivity index (χ4v) is 3.04. The first-order chi connectivity index (χ1) is 8.20. The number of piperidine rings is 1. The van der Waals surface area contributed by atoms with Crippen LogP contribution in [0.1, 0.15) is 39.0 Å². The van der Waals surface area contributed by atoms with E-state index in [2.05, 4.69) is 16.7 Å². The molecular formula is C13H25N3O. The van der Waals surface area contributed by atoms with Crippen molar-refractivity contribution in [2.75, 3.05) is 26.2 Å². The molecule has 2 aliphatic rings. The van der Waals surface area contributed by atoms with Gasteiger partial charge in [0.2, 0.25) is 5.91 Å². The molecule has 0 bridgehead atoms. The van der Waals surface area contributed by atoms with E-state index < -0.39 is 0 Å². The van der Waals surface area contributed by atoms with Crippen LogP contribution in [-0.2, 0) is 4.79 Å². The van der Waals surface area contributed by atoms with Crippen molar-refractivity contribution in [2.45, 2.75) is 51.1 Å². The second kappa shape index (κ2) is 5.83. The predicted octanol–water partition coefficient (Wildman–Crippen LogP) is 0.811. The number of hydrogen-bond donors (Lipinski definition) is 1. The number of nitrogens with two attached hydrogens (primary N) is 1. The molecule has 2 fully saturated rings. The molecule has 17 heavy (non-hydrogen) atoms. The molecule has 2 aliphatic heterocycles. The standard InChI is InChI=1S/C13H25N3O/c1-2-12-5-3-4-7-16(12)13(17)10-15-8-6-11(14)9-15/h11-12H,2-10,14H2,1H3/t11-,12?/m1/s1.